The van der Waals surface area contributed by atoms with Crippen molar-refractivity contribution in [3.8, 4) is 0 Å². The predicted octanol–water partition coefficient (Wildman–Crippen LogP) is 4.21. The molecule has 250 valence electrons. The zero-order chi connectivity index (χ0) is 34.6. The van der Waals surface area contributed by atoms with Gasteiger partial charge >= 0.3 is 5.97 Å². The lowest BCUT2D eigenvalue weighted by molar-refractivity contribution is -0.139. The van der Waals surface area contributed by atoms with Crippen LogP contribution in [0.3, 0.4) is 0 Å². The number of aliphatic carboxylic acids is 1. The highest BCUT2D eigenvalue weighted by Crippen LogP contribution is 2.22. The smallest absolute Gasteiger partial charge is 0.323 e. The van der Waals surface area contributed by atoms with Crippen molar-refractivity contribution in [2.45, 2.75) is 51.6 Å². The first-order valence-electron chi connectivity index (χ1n) is 15.4. The van der Waals surface area contributed by atoms with Crippen molar-refractivity contribution in [1.82, 2.24) is 24.6 Å². The maximum Gasteiger partial charge on any atom is 0.323 e. The minimum absolute atomic E-state index is 0.0127. The number of nitrogens with one attached hydrogen (secondary N) is 4. The number of carbonyl (C=O) groups is 2. The van der Waals surface area contributed by atoms with E-state index in [1.54, 1.807) is 50.4 Å². The number of H-pyrrole nitrogens is 2. The van der Waals surface area contributed by atoms with Gasteiger partial charge in [-0.1, -0.05) is 54.1 Å². The van der Waals surface area contributed by atoms with Crippen LogP contribution < -0.4 is 15.5 Å². The van der Waals surface area contributed by atoms with E-state index in [2.05, 4.69) is 25.0 Å². The van der Waals surface area contributed by atoms with E-state index in [1.807, 2.05) is 44.2 Å². The number of rotatable bonds is 13. The molecule has 1 amide bonds. The Bertz CT molecular complexity index is 2120. The van der Waals surface area contributed by atoms with Gasteiger partial charge in [0.15, 0.2) is 0 Å². The van der Waals surface area contributed by atoms with Crippen LogP contribution in [0.25, 0.3) is 10.9 Å². The highest BCUT2D eigenvalue weighted by Gasteiger charge is 2.32. The third kappa shape index (κ3) is 7.81. The fourth-order valence-corrected chi connectivity index (χ4v) is 7.44. The minimum atomic E-state index is -4.30. The zero-order valence-electron chi connectivity index (χ0n) is 27.1. The molecule has 13 heteroatoms. The quantitative estimate of drug-likeness (QED) is 0.124. The van der Waals surface area contributed by atoms with E-state index in [0.29, 0.717) is 35.6 Å². The average Bonchev–Trinajstić information content (AvgIpc) is 3.45. The predicted molar refractivity (Wildman–Crippen MR) is 184 cm³/mol. The summed E-state index contributed by atoms with van der Waals surface area (Å²) in [5.74, 6) is -1.57. The van der Waals surface area contributed by atoms with Crippen molar-refractivity contribution < 1.29 is 23.1 Å². The average molecular weight is 671 g/mol. The van der Waals surface area contributed by atoms with Crippen molar-refractivity contribution >= 4 is 38.8 Å². The lowest BCUT2D eigenvalue weighted by Gasteiger charge is -2.27. The first-order valence-corrected chi connectivity index (χ1v) is 16.9. The largest absolute Gasteiger partial charge is 0.480 e. The van der Waals surface area contributed by atoms with E-state index in [1.165, 1.54) is 11.1 Å². The number of carbonyl (C=O) groups excluding carboxylic acids is 1. The van der Waals surface area contributed by atoms with Crippen LogP contribution in [0.15, 0.2) is 82.7 Å². The number of aryl methyl sites for hydroxylation is 4. The number of pyridine rings is 1. The van der Waals surface area contributed by atoms with E-state index in [9.17, 15) is 27.9 Å². The highest BCUT2D eigenvalue weighted by atomic mass is 32.2. The summed E-state index contributed by atoms with van der Waals surface area (Å²) in [7, 11) is -4.30. The van der Waals surface area contributed by atoms with E-state index < -0.39 is 39.9 Å². The number of hydrogen-bond acceptors (Lipinski definition) is 7. The lowest BCUT2D eigenvalue weighted by Crippen LogP contribution is -2.51. The molecule has 0 bridgehead atoms. The number of fused-ring (bicyclic) bond motifs is 1. The number of carboxylic acid groups (broad SMARTS) is 1. The topological polar surface area (TPSA) is 177 Å². The van der Waals surface area contributed by atoms with Crippen molar-refractivity contribution in [3.63, 3.8) is 0 Å². The molecule has 0 spiro atoms. The number of sulfonamides is 1. The number of hydrogen-bond donors (Lipinski definition) is 5. The van der Waals surface area contributed by atoms with Crippen molar-refractivity contribution in [2.75, 3.05) is 18.4 Å². The van der Waals surface area contributed by atoms with Gasteiger partial charge in [0.05, 0.1) is 4.90 Å². The van der Waals surface area contributed by atoms with Crippen LogP contribution >= 0.6 is 0 Å². The van der Waals surface area contributed by atoms with Gasteiger partial charge in [-0.3, -0.25) is 14.4 Å². The van der Waals surface area contributed by atoms with Crippen molar-refractivity contribution in [1.29, 1.82) is 0 Å². The monoisotopic (exact) mass is 670 g/mol. The second kappa shape index (κ2) is 14.2. The third-order valence-electron chi connectivity index (χ3n) is 8.01. The third-order valence-corrected chi connectivity index (χ3v) is 9.79. The van der Waals surface area contributed by atoms with Gasteiger partial charge in [-0.2, -0.15) is 4.72 Å². The summed E-state index contributed by atoms with van der Waals surface area (Å²) >= 11 is 0. The number of aromatic nitrogens is 3. The van der Waals surface area contributed by atoms with Crippen LogP contribution in [0.4, 0.5) is 5.95 Å². The Balaban J connectivity index is 1.43. The SMILES string of the molecule is Cc1cc(C)c(S(=O)(=O)NC(CN(CCc2ccccc2)C(=O)c2c[nH]c3cc(CNc4ncc(C)[nH]4)ccc3c2=O)C(=O)O)c(C)c1. The second-order valence-corrected chi connectivity index (χ2v) is 13.6. The van der Waals surface area contributed by atoms with Crippen LogP contribution in [0.2, 0.25) is 0 Å². The Morgan fingerprint density at radius 1 is 0.979 bits per heavy atom. The number of nitrogens with zero attached hydrogens (tertiary/aromatic N) is 2. The first-order chi connectivity index (χ1) is 22.8. The van der Waals surface area contributed by atoms with Gasteiger partial charge in [0.2, 0.25) is 21.4 Å². The summed E-state index contributed by atoms with van der Waals surface area (Å²) in [6.45, 7) is 6.98. The van der Waals surface area contributed by atoms with Crippen LogP contribution in [-0.4, -0.2) is 64.4 Å². The van der Waals surface area contributed by atoms with Crippen molar-refractivity contribution in [2.24, 2.45) is 0 Å². The standard InChI is InChI=1S/C35H38N6O6S/c1-21-14-22(2)32(23(3)15-21)48(46,47)40-30(34(44)45)20-41(13-12-25-8-6-5-7-9-25)33(43)28-19-36-29-16-26(10-11-27(29)31(28)42)18-38-35-37-17-24(4)39-35/h5-11,14-17,19,30,40H,12-13,18,20H2,1-4H3,(H,36,42)(H,44,45)(H2,37,38,39). The molecule has 0 saturated carbocycles. The van der Waals surface area contributed by atoms with Gasteiger partial charge in [0, 0.05) is 48.6 Å². The molecule has 5 rings (SSSR count). The Morgan fingerprint density at radius 3 is 2.33 bits per heavy atom. The van der Waals surface area contributed by atoms with Crippen LogP contribution in [-0.2, 0) is 27.8 Å². The molecule has 0 aliphatic rings. The molecule has 5 N–H and O–H groups in total. The Hall–Kier alpha value is -5.27. The highest BCUT2D eigenvalue weighted by molar-refractivity contribution is 7.89. The Kier molecular flexibility index (Phi) is 10.1. The fraction of sp³-hybridized carbons (Fsp3) is 0.257. The van der Waals surface area contributed by atoms with E-state index in [4.69, 9.17) is 0 Å². The number of benzene rings is 3. The molecule has 12 nitrogen and oxygen atoms in total. The maximum atomic E-state index is 14.0. The maximum absolute atomic E-state index is 14.0. The Morgan fingerprint density at radius 2 is 1.69 bits per heavy atom. The summed E-state index contributed by atoms with van der Waals surface area (Å²) in [6, 6.07) is 16.2. The molecular formula is C35H38N6O6S. The zero-order valence-corrected chi connectivity index (χ0v) is 27.9. The van der Waals surface area contributed by atoms with Crippen molar-refractivity contribution in [3.05, 3.63) is 122 Å². The minimum Gasteiger partial charge on any atom is -0.480 e. The summed E-state index contributed by atoms with van der Waals surface area (Å²) in [5.41, 5.74) is 4.27. The molecule has 3 aromatic carbocycles. The molecule has 2 aromatic heterocycles. The molecule has 0 aliphatic heterocycles. The second-order valence-electron chi connectivity index (χ2n) is 11.9. The molecule has 48 heavy (non-hydrogen) atoms. The summed E-state index contributed by atoms with van der Waals surface area (Å²) < 4.78 is 29.3. The van der Waals surface area contributed by atoms with Gasteiger partial charge < -0.3 is 25.3 Å². The lowest BCUT2D eigenvalue weighted by atomic mass is 10.1. The molecule has 0 fully saturated rings. The fourth-order valence-electron chi connectivity index (χ4n) is 5.80. The molecule has 1 atom stereocenters. The summed E-state index contributed by atoms with van der Waals surface area (Å²) in [4.78, 5) is 51.7. The number of imidazole rings is 1. The first kappa shape index (κ1) is 34.1. The van der Waals surface area contributed by atoms with Gasteiger partial charge in [-0.05, 0) is 68.5 Å². The Labute approximate surface area is 278 Å². The van der Waals surface area contributed by atoms with Crippen LogP contribution in [0.1, 0.15) is 43.9 Å². The summed E-state index contributed by atoms with van der Waals surface area (Å²) in [5, 5.41) is 13.6. The van der Waals surface area contributed by atoms with Gasteiger partial charge in [0.25, 0.3) is 5.91 Å². The molecule has 5 aromatic rings. The molecular weight excluding hydrogens is 632 g/mol. The molecule has 0 aliphatic carbocycles. The van der Waals surface area contributed by atoms with Gasteiger partial charge in [-0.15, -0.1) is 0 Å². The number of amides is 1. The van der Waals surface area contributed by atoms with E-state index in [-0.39, 0.29) is 22.4 Å². The van der Waals surface area contributed by atoms with Crippen LogP contribution in [0, 0.1) is 27.7 Å². The molecule has 2 heterocycles. The summed E-state index contributed by atoms with van der Waals surface area (Å²) in [6.07, 6.45) is 3.37. The molecule has 0 radical (unpaired) electrons. The van der Waals surface area contributed by atoms with Crippen LogP contribution in [0.5, 0.6) is 0 Å². The number of aromatic amines is 2. The van der Waals surface area contributed by atoms with E-state index in [0.717, 1.165) is 22.4 Å². The van der Waals surface area contributed by atoms with E-state index >= 15 is 0 Å². The van der Waals surface area contributed by atoms with Gasteiger partial charge in [0.1, 0.15) is 11.6 Å². The number of carboxylic acids is 1. The molecule has 1 unspecified atom stereocenters. The van der Waals surface area contributed by atoms with Gasteiger partial charge in [-0.25, -0.2) is 13.4 Å². The number of anilines is 1. The molecule has 0 saturated heterocycles. The normalized spacial score (nSPS) is 12.2.